The molecule has 90 valence electrons. The van der Waals surface area contributed by atoms with E-state index in [2.05, 4.69) is 0 Å². The Hall–Kier alpha value is -0.740. The normalized spacial score (nSPS) is 39.6. The van der Waals surface area contributed by atoms with Crippen LogP contribution in [0.1, 0.15) is 39.0 Å². The minimum absolute atomic E-state index is 0.0600. The largest absolute Gasteiger partial charge is 0.383 e. The second-order valence-electron chi connectivity index (χ2n) is 4.69. The van der Waals surface area contributed by atoms with E-state index in [1.807, 2.05) is 6.92 Å². The fraction of sp³-hybridized carbons (Fsp3) is 0.833. The van der Waals surface area contributed by atoms with E-state index < -0.39 is 18.1 Å². The van der Waals surface area contributed by atoms with Gasteiger partial charge in [-0.05, 0) is 19.3 Å². The first-order chi connectivity index (χ1) is 7.65. The number of fused-ring (bicyclic) bond motifs is 1. The van der Waals surface area contributed by atoms with Crippen molar-refractivity contribution in [2.75, 3.05) is 0 Å². The molecule has 2 rings (SSSR count). The molecule has 1 aliphatic carbocycles. The Morgan fingerprint density at radius 1 is 1.44 bits per heavy atom. The van der Waals surface area contributed by atoms with Crippen LogP contribution in [0.4, 0.5) is 0 Å². The van der Waals surface area contributed by atoms with E-state index in [1.54, 1.807) is 0 Å². The van der Waals surface area contributed by atoms with Gasteiger partial charge in [0.15, 0.2) is 5.78 Å². The van der Waals surface area contributed by atoms with Gasteiger partial charge in [0.2, 0.25) is 0 Å². The number of aliphatic hydroxyl groups is 1. The number of hydrogen-bond acceptors (Lipinski definition) is 4. The molecule has 0 aromatic heterocycles. The molecule has 0 aromatic rings. The van der Waals surface area contributed by atoms with Crippen molar-refractivity contribution in [3.8, 4) is 0 Å². The highest BCUT2D eigenvalue weighted by atomic mass is 16.5. The third-order valence-electron chi connectivity index (χ3n) is 3.50. The molecule has 16 heavy (non-hydrogen) atoms. The number of carbonyl (C=O) groups is 2. The lowest BCUT2D eigenvalue weighted by Gasteiger charge is -2.40. The van der Waals surface area contributed by atoms with Crippen LogP contribution in [0, 0.1) is 5.92 Å². The first-order valence-electron chi connectivity index (χ1n) is 6.05. The van der Waals surface area contributed by atoms with Gasteiger partial charge in [-0.25, -0.2) is 0 Å². The Bertz CT molecular complexity index is 299. The summed E-state index contributed by atoms with van der Waals surface area (Å²) in [5.74, 6) is -1.08. The summed E-state index contributed by atoms with van der Waals surface area (Å²) < 4.78 is 5.69. The molecule has 1 heterocycles. The molecule has 4 heteroatoms. The standard InChI is InChI=1S/C12H18O4/c1-2-4-9-11(14)12(15)10-7(13)5-3-6-8(10)16-9/h8-11,14H,2-6H2,1H3. The monoisotopic (exact) mass is 226 g/mol. The van der Waals surface area contributed by atoms with Crippen molar-refractivity contribution >= 4 is 11.6 Å². The molecule has 2 aliphatic rings. The number of Topliss-reactive ketones (excluding diaryl/α,β-unsaturated/α-hetero) is 2. The molecule has 0 aromatic carbocycles. The van der Waals surface area contributed by atoms with Crippen molar-refractivity contribution in [1.29, 1.82) is 0 Å². The predicted molar refractivity (Wildman–Crippen MR) is 56.9 cm³/mol. The lowest BCUT2D eigenvalue weighted by atomic mass is 9.77. The summed E-state index contributed by atoms with van der Waals surface area (Å²) in [6.07, 6.45) is 1.73. The third-order valence-corrected chi connectivity index (χ3v) is 3.50. The van der Waals surface area contributed by atoms with Gasteiger partial charge in [0.05, 0.1) is 12.2 Å². The molecule has 4 unspecified atom stereocenters. The Labute approximate surface area is 95.0 Å². The lowest BCUT2D eigenvalue weighted by molar-refractivity contribution is -0.178. The van der Waals surface area contributed by atoms with Crippen molar-refractivity contribution in [2.24, 2.45) is 5.92 Å². The number of ether oxygens (including phenoxy) is 1. The van der Waals surface area contributed by atoms with E-state index in [4.69, 9.17) is 4.74 Å². The number of carbonyl (C=O) groups excluding carboxylic acids is 2. The topological polar surface area (TPSA) is 63.6 Å². The minimum Gasteiger partial charge on any atom is -0.383 e. The van der Waals surface area contributed by atoms with E-state index in [1.165, 1.54) is 0 Å². The number of ketones is 2. The van der Waals surface area contributed by atoms with E-state index in [9.17, 15) is 14.7 Å². The molecule has 4 atom stereocenters. The SMILES string of the molecule is CCCC1OC2CCCC(=O)C2C(=O)C1O. The Morgan fingerprint density at radius 3 is 2.88 bits per heavy atom. The number of aliphatic hydroxyl groups excluding tert-OH is 1. The van der Waals surface area contributed by atoms with Gasteiger partial charge in [0.25, 0.3) is 0 Å². The molecule has 0 spiro atoms. The fourth-order valence-corrected chi connectivity index (χ4v) is 2.67. The van der Waals surface area contributed by atoms with Gasteiger partial charge in [0.1, 0.15) is 17.8 Å². The summed E-state index contributed by atoms with van der Waals surface area (Å²) in [5.41, 5.74) is 0. The Kier molecular flexibility index (Phi) is 3.40. The first kappa shape index (κ1) is 11.7. The quantitative estimate of drug-likeness (QED) is 0.709. The summed E-state index contributed by atoms with van der Waals surface area (Å²) in [5, 5.41) is 9.80. The molecule has 1 aliphatic heterocycles. The van der Waals surface area contributed by atoms with Crippen LogP contribution in [0.15, 0.2) is 0 Å². The second kappa shape index (κ2) is 4.63. The lowest BCUT2D eigenvalue weighted by Crippen LogP contribution is -2.55. The van der Waals surface area contributed by atoms with Crippen molar-refractivity contribution in [3.63, 3.8) is 0 Å². The summed E-state index contributed by atoms with van der Waals surface area (Å²) in [6.45, 7) is 1.98. The summed E-state index contributed by atoms with van der Waals surface area (Å²) in [6, 6.07) is 0. The summed E-state index contributed by atoms with van der Waals surface area (Å²) in [7, 11) is 0. The molecular weight excluding hydrogens is 208 g/mol. The zero-order valence-electron chi connectivity index (χ0n) is 9.52. The fourth-order valence-electron chi connectivity index (χ4n) is 2.67. The Balaban J connectivity index is 2.15. The van der Waals surface area contributed by atoms with Gasteiger partial charge in [0, 0.05) is 6.42 Å². The molecule has 0 bridgehead atoms. The number of hydrogen-bond donors (Lipinski definition) is 1. The highest BCUT2D eigenvalue weighted by Gasteiger charge is 2.48. The van der Waals surface area contributed by atoms with Gasteiger partial charge in [-0.15, -0.1) is 0 Å². The molecule has 4 nitrogen and oxygen atoms in total. The van der Waals surface area contributed by atoms with Crippen LogP contribution in [0.5, 0.6) is 0 Å². The van der Waals surface area contributed by atoms with Crippen LogP contribution in [0.2, 0.25) is 0 Å². The maximum atomic E-state index is 11.9. The van der Waals surface area contributed by atoms with Gasteiger partial charge < -0.3 is 9.84 Å². The zero-order chi connectivity index (χ0) is 11.7. The summed E-state index contributed by atoms with van der Waals surface area (Å²) >= 11 is 0. The van der Waals surface area contributed by atoms with Gasteiger partial charge >= 0.3 is 0 Å². The van der Waals surface area contributed by atoms with E-state index in [0.29, 0.717) is 12.8 Å². The van der Waals surface area contributed by atoms with Crippen molar-refractivity contribution in [1.82, 2.24) is 0 Å². The second-order valence-corrected chi connectivity index (χ2v) is 4.69. The molecular formula is C12H18O4. The van der Waals surface area contributed by atoms with Crippen LogP contribution in [0.25, 0.3) is 0 Å². The van der Waals surface area contributed by atoms with Crippen molar-refractivity contribution < 1.29 is 19.4 Å². The molecule has 1 N–H and O–H groups in total. The molecule has 0 amide bonds. The maximum absolute atomic E-state index is 11.9. The van der Waals surface area contributed by atoms with Crippen LogP contribution in [-0.4, -0.2) is 35.0 Å². The predicted octanol–water partition coefficient (Wildman–Crippen LogP) is 0.853. The maximum Gasteiger partial charge on any atom is 0.176 e. The van der Waals surface area contributed by atoms with E-state index in [-0.39, 0.29) is 17.7 Å². The van der Waals surface area contributed by atoms with Gasteiger partial charge in [-0.2, -0.15) is 0 Å². The highest BCUT2D eigenvalue weighted by Crippen LogP contribution is 2.33. The van der Waals surface area contributed by atoms with Gasteiger partial charge in [-0.1, -0.05) is 13.3 Å². The zero-order valence-corrected chi connectivity index (χ0v) is 9.52. The van der Waals surface area contributed by atoms with Crippen molar-refractivity contribution in [2.45, 2.75) is 57.3 Å². The van der Waals surface area contributed by atoms with E-state index >= 15 is 0 Å². The van der Waals surface area contributed by atoms with Crippen LogP contribution >= 0.6 is 0 Å². The van der Waals surface area contributed by atoms with E-state index in [0.717, 1.165) is 19.3 Å². The molecule has 0 radical (unpaired) electrons. The summed E-state index contributed by atoms with van der Waals surface area (Å²) in [4.78, 5) is 23.5. The average molecular weight is 226 g/mol. The molecule has 1 saturated carbocycles. The van der Waals surface area contributed by atoms with Crippen LogP contribution in [-0.2, 0) is 14.3 Å². The number of rotatable bonds is 2. The average Bonchev–Trinajstić information content (AvgIpc) is 2.25. The van der Waals surface area contributed by atoms with Crippen LogP contribution < -0.4 is 0 Å². The molecule has 1 saturated heterocycles. The van der Waals surface area contributed by atoms with Gasteiger partial charge in [-0.3, -0.25) is 9.59 Å². The van der Waals surface area contributed by atoms with Crippen LogP contribution in [0.3, 0.4) is 0 Å². The molecule has 2 fully saturated rings. The highest BCUT2D eigenvalue weighted by molar-refractivity contribution is 6.05. The van der Waals surface area contributed by atoms with Crippen molar-refractivity contribution in [3.05, 3.63) is 0 Å². The Morgan fingerprint density at radius 2 is 2.19 bits per heavy atom. The first-order valence-corrected chi connectivity index (χ1v) is 6.05. The smallest absolute Gasteiger partial charge is 0.176 e. The minimum atomic E-state index is -1.11. The third kappa shape index (κ3) is 1.92.